The van der Waals surface area contributed by atoms with Crippen LogP contribution in [0.4, 0.5) is 0 Å². The summed E-state index contributed by atoms with van der Waals surface area (Å²) in [4.78, 5) is 2.76. The number of nitrogens with zero attached hydrogens (tertiary/aromatic N) is 1. The van der Waals surface area contributed by atoms with Gasteiger partial charge in [-0.3, -0.25) is 4.90 Å². The molecule has 0 radical (unpaired) electrons. The summed E-state index contributed by atoms with van der Waals surface area (Å²) in [5.74, 6) is 0.940. The molecule has 23 heavy (non-hydrogen) atoms. The van der Waals surface area contributed by atoms with E-state index >= 15 is 0 Å². The maximum atomic E-state index is 5.65. The number of rotatable bonds is 2. The van der Waals surface area contributed by atoms with E-state index in [2.05, 4.69) is 42.2 Å². The molecule has 1 aliphatic heterocycles. The second-order valence-electron chi connectivity index (χ2n) is 8.36. The quantitative estimate of drug-likeness (QED) is 0.791. The molecule has 1 spiro atoms. The Bertz CT molecular complexity index is 514. The Kier molecular flexibility index (Phi) is 4.23. The van der Waals surface area contributed by atoms with Gasteiger partial charge in [0.25, 0.3) is 0 Å². The Morgan fingerprint density at radius 3 is 2.35 bits per heavy atom. The highest BCUT2D eigenvalue weighted by atomic mass is 16.5. The highest BCUT2D eigenvalue weighted by molar-refractivity contribution is 5.28. The van der Waals surface area contributed by atoms with Gasteiger partial charge in [-0.05, 0) is 49.0 Å². The Morgan fingerprint density at radius 2 is 1.65 bits per heavy atom. The molecule has 4 rings (SSSR count). The lowest BCUT2D eigenvalue weighted by atomic mass is 9.68. The van der Waals surface area contributed by atoms with Crippen molar-refractivity contribution in [3.05, 3.63) is 35.9 Å². The SMILES string of the molecule is CC1CCC2(CC1)CCC(c1ccccc1)(N1CCOCC1)C2. The van der Waals surface area contributed by atoms with Crippen LogP contribution in [0.25, 0.3) is 0 Å². The van der Waals surface area contributed by atoms with Gasteiger partial charge >= 0.3 is 0 Å². The van der Waals surface area contributed by atoms with Crippen LogP contribution >= 0.6 is 0 Å². The fraction of sp³-hybridized carbons (Fsp3) is 0.714. The van der Waals surface area contributed by atoms with Crippen molar-refractivity contribution < 1.29 is 4.74 Å². The molecule has 3 aliphatic rings. The Morgan fingerprint density at radius 1 is 0.957 bits per heavy atom. The van der Waals surface area contributed by atoms with E-state index < -0.39 is 0 Å². The normalized spacial score (nSPS) is 38.9. The van der Waals surface area contributed by atoms with Gasteiger partial charge in [0.1, 0.15) is 0 Å². The van der Waals surface area contributed by atoms with Gasteiger partial charge < -0.3 is 4.74 Å². The molecule has 1 atom stereocenters. The van der Waals surface area contributed by atoms with Gasteiger partial charge in [0, 0.05) is 18.6 Å². The summed E-state index contributed by atoms with van der Waals surface area (Å²) >= 11 is 0. The summed E-state index contributed by atoms with van der Waals surface area (Å²) in [6, 6.07) is 11.4. The zero-order chi connectivity index (χ0) is 15.8. The molecule has 2 nitrogen and oxygen atoms in total. The molecule has 0 amide bonds. The van der Waals surface area contributed by atoms with Crippen LogP contribution in [0.3, 0.4) is 0 Å². The Balaban J connectivity index is 1.64. The van der Waals surface area contributed by atoms with Gasteiger partial charge in [-0.2, -0.15) is 0 Å². The van der Waals surface area contributed by atoms with Gasteiger partial charge in [0.15, 0.2) is 0 Å². The van der Waals surface area contributed by atoms with Crippen LogP contribution in [0.15, 0.2) is 30.3 Å². The summed E-state index contributed by atoms with van der Waals surface area (Å²) in [5, 5.41) is 0. The second-order valence-corrected chi connectivity index (χ2v) is 8.36. The Hall–Kier alpha value is -0.860. The van der Waals surface area contributed by atoms with Crippen LogP contribution in [-0.2, 0) is 10.3 Å². The molecule has 2 aliphatic carbocycles. The molecule has 0 N–H and O–H groups in total. The maximum absolute atomic E-state index is 5.65. The van der Waals surface area contributed by atoms with Crippen molar-refractivity contribution in [3.63, 3.8) is 0 Å². The predicted molar refractivity (Wildman–Crippen MR) is 94.4 cm³/mol. The van der Waals surface area contributed by atoms with Crippen LogP contribution in [0.2, 0.25) is 0 Å². The van der Waals surface area contributed by atoms with E-state index in [1.807, 2.05) is 0 Å². The first kappa shape index (κ1) is 15.7. The first-order valence-electron chi connectivity index (χ1n) is 9.61. The summed E-state index contributed by atoms with van der Waals surface area (Å²) < 4.78 is 5.65. The molecule has 1 saturated heterocycles. The van der Waals surface area contributed by atoms with Gasteiger partial charge in [0.05, 0.1) is 13.2 Å². The van der Waals surface area contributed by atoms with E-state index in [0.29, 0.717) is 5.41 Å². The lowest BCUT2D eigenvalue weighted by Crippen LogP contribution is -2.50. The summed E-state index contributed by atoms with van der Waals surface area (Å²) in [5.41, 5.74) is 2.43. The second kappa shape index (κ2) is 6.22. The van der Waals surface area contributed by atoms with E-state index in [-0.39, 0.29) is 5.54 Å². The summed E-state index contributed by atoms with van der Waals surface area (Å²) in [6.07, 6.45) is 9.91. The first-order valence-corrected chi connectivity index (χ1v) is 9.61. The van der Waals surface area contributed by atoms with Crippen molar-refractivity contribution in [1.29, 1.82) is 0 Å². The predicted octanol–water partition coefficient (Wildman–Crippen LogP) is 4.59. The van der Waals surface area contributed by atoms with Gasteiger partial charge in [-0.25, -0.2) is 0 Å². The number of benzene rings is 1. The third-order valence-corrected chi connectivity index (χ3v) is 7.00. The van der Waals surface area contributed by atoms with Crippen molar-refractivity contribution in [2.45, 2.75) is 57.4 Å². The van der Waals surface area contributed by atoms with Crippen LogP contribution < -0.4 is 0 Å². The Labute approximate surface area is 141 Å². The van der Waals surface area contributed by atoms with Crippen LogP contribution in [-0.4, -0.2) is 31.2 Å². The maximum Gasteiger partial charge on any atom is 0.0594 e. The van der Waals surface area contributed by atoms with Gasteiger partial charge in [-0.1, -0.05) is 50.1 Å². The van der Waals surface area contributed by atoms with Gasteiger partial charge in [-0.15, -0.1) is 0 Å². The van der Waals surface area contributed by atoms with E-state index in [4.69, 9.17) is 4.74 Å². The molecule has 0 bridgehead atoms. The van der Waals surface area contributed by atoms with Crippen molar-refractivity contribution in [2.24, 2.45) is 11.3 Å². The van der Waals surface area contributed by atoms with Crippen molar-refractivity contribution >= 4 is 0 Å². The van der Waals surface area contributed by atoms with Crippen LogP contribution in [0.1, 0.15) is 57.4 Å². The summed E-state index contributed by atoms with van der Waals surface area (Å²) in [6.45, 7) is 6.44. The van der Waals surface area contributed by atoms with Crippen LogP contribution in [0.5, 0.6) is 0 Å². The topological polar surface area (TPSA) is 12.5 Å². The lowest BCUT2D eigenvalue weighted by molar-refractivity contribution is -0.0300. The zero-order valence-corrected chi connectivity index (χ0v) is 14.6. The molecular formula is C21H31NO. The van der Waals surface area contributed by atoms with Crippen LogP contribution in [0, 0.1) is 11.3 Å². The molecule has 2 heteroatoms. The molecular weight excluding hydrogens is 282 g/mol. The minimum Gasteiger partial charge on any atom is -0.379 e. The smallest absolute Gasteiger partial charge is 0.0594 e. The average molecular weight is 313 g/mol. The van der Waals surface area contributed by atoms with Crippen molar-refractivity contribution in [1.82, 2.24) is 4.90 Å². The highest BCUT2D eigenvalue weighted by Gasteiger charge is 2.52. The number of ether oxygens (including phenoxy) is 1. The standard InChI is InChI=1S/C21H31NO/c1-18-7-9-20(10-8-18)11-12-21(17-20,19-5-3-2-4-6-19)22-13-15-23-16-14-22/h2-6,18H,7-17H2,1H3. The molecule has 1 heterocycles. The zero-order valence-electron chi connectivity index (χ0n) is 14.6. The fourth-order valence-corrected chi connectivity index (χ4v) is 5.51. The highest BCUT2D eigenvalue weighted by Crippen LogP contribution is 2.59. The molecule has 1 aromatic carbocycles. The molecule has 2 saturated carbocycles. The minimum absolute atomic E-state index is 0.269. The van der Waals surface area contributed by atoms with Crippen molar-refractivity contribution in [3.8, 4) is 0 Å². The summed E-state index contributed by atoms with van der Waals surface area (Å²) in [7, 11) is 0. The van der Waals surface area contributed by atoms with E-state index in [9.17, 15) is 0 Å². The lowest BCUT2D eigenvalue weighted by Gasteiger charge is -2.46. The number of hydrogen-bond donors (Lipinski definition) is 0. The van der Waals surface area contributed by atoms with E-state index in [1.165, 1.54) is 44.9 Å². The fourth-order valence-electron chi connectivity index (χ4n) is 5.51. The third kappa shape index (κ3) is 2.85. The molecule has 126 valence electrons. The molecule has 1 unspecified atom stereocenters. The molecule has 1 aromatic rings. The van der Waals surface area contributed by atoms with E-state index in [1.54, 1.807) is 5.56 Å². The van der Waals surface area contributed by atoms with E-state index in [0.717, 1.165) is 32.2 Å². The van der Waals surface area contributed by atoms with Gasteiger partial charge in [0.2, 0.25) is 0 Å². The average Bonchev–Trinajstić information content (AvgIpc) is 3.00. The number of morpholine rings is 1. The monoisotopic (exact) mass is 313 g/mol. The minimum atomic E-state index is 0.269. The van der Waals surface area contributed by atoms with Crippen molar-refractivity contribution in [2.75, 3.05) is 26.3 Å². The molecule has 3 fully saturated rings. The number of hydrogen-bond acceptors (Lipinski definition) is 2. The first-order chi connectivity index (χ1) is 11.2. The largest absolute Gasteiger partial charge is 0.379 e. The third-order valence-electron chi connectivity index (χ3n) is 7.00. The molecule has 0 aromatic heterocycles.